The fourth-order valence-corrected chi connectivity index (χ4v) is 6.29. The van der Waals surface area contributed by atoms with Crippen molar-refractivity contribution in [3.05, 3.63) is 29.8 Å². The quantitative estimate of drug-likeness (QED) is 0.824. The highest BCUT2D eigenvalue weighted by Gasteiger charge is 2.30. The maximum atomic E-state index is 12.6. The molecule has 2 aliphatic heterocycles. The molecule has 7 nitrogen and oxygen atoms in total. The van der Waals surface area contributed by atoms with Gasteiger partial charge < -0.3 is 5.32 Å². The Labute approximate surface area is 142 Å². The molecule has 0 aliphatic carbocycles. The summed E-state index contributed by atoms with van der Waals surface area (Å²) in [5.74, 6) is -0.443. The molecule has 0 radical (unpaired) electrons. The van der Waals surface area contributed by atoms with E-state index in [-0.39, 0.29) is 22.0 Å². The summed E-state index contributed by atoms with van der Waals surface area (Å²) in [6.45, 7) is 0.997. The molecule has 1 aromatic rings. The number of sulfone groups is 1. The summed E-state index contributed by atoms with van der Waals surface area (Å²) in [4.78, 5) is 12.4. The van der Waals surface area contributed by atoms with Crippen LogP contribution in [0, 0.1) is 0 Å². The van der Waals surface area contributed by atoms with Crippen molar-refractivity contribution in [3.8, 4) is 0 Å². The second-order valence-electron chi connectivity index (χ2n) is 6.21. The molecule has 9 heteroatoms. The Bertz CT molecular complexity index is 842. The first-order valence-corrected chi connectivity index (χ1v) is 11.2. The predicted molar refractivity (Wildman–Crippen MR) is 89.0 cm³/mol. The van der Waals surface area contributed by atoms with Crippen LogP contribution in [-0.4, -0.2) is 57.7 Å². The van der Waals surface area contributed by atoms with Crippen LogP contribution in [-0.2, 0) is 19.9 Å². The van der Waals surface area contributed by atoms with Crippen molar-refractivity contribution >= 4 is 25.8 Å². The number of carbonyl (C=O) groups excluding carboxylic acids is 1. The van der Waals surface area contributed by atoms with Crippen LogP contribution in [0.2, 0.25) is 0 Å². The fraction of sp³-hybridized carbons (Fsp3) is 0.533. The molecule has 0 aromatic heterocycles. The molecule has 0 unspecified atom stereocenters. The zero-order valence-electron chi connectivity index (χ0n) is 13.1. The molecule has 2 fully saturated rings. The summed E-state index contributed by atoms with van der Waals surface area (Å²) in [6, 6.07) is 5.48. The van der Waals surface area contributed by atoms with E-state index in [0.29, 0.717) is 19.5 Å². The van der Waals surface area contributed by atoms with Crippen molar-refractivity contribution in [3.63, 3.8) is 0 Å². The lowest BCUT2D eigenvalue weighted by atomic mass is 10.2. The minimum Gasteiger partial charge on any atom is -0.348 e. The Balaban J connectivity index is 1.76. The van der Waals surface area contributed by atoms with Gasteiger partial charge in [-0.3, -0.25) is 4.79 Å². The van der Waals surface area contributed by atoms with Gasteiger partial charge in [0.1, 0.15) is 0 Å². The molecule has 132 valence electrons. The number of hydrogen-bond acceptors (Lipinski definition) is 5. The van der Waals surface area contributed by atoms with E-state index >= 15 is 0 Å². The lowest BCUT2D eigenvalue weighted by Gasteiger charge is -2.16. The van der Waals surface area contributed by atoms with Crippen LogP contribution in [0.3, 0.4) is 0 Å². The number of amides is 1. The van der Waals surface area contributed by atoms with Crippen LogP contribution in [0.5, 0.6) is 0 Å². The first-order chi connectivity index (χ1) is 11.3. The third-order valence-corrected chi connectivity index (χ3v) is 8.03. The van der Waals surface area contributed by atoms with Crippen LogP contribution in [0.1, 0.15) is 29.6 Å². The predicted octanol–water partition coefficient (Wildman–Crippen LogP) is 0.388. The summed E-state index contributed by atoms with van der Waals surface area (Å²) in [5, 5.41) is 2.67. The Morgan fingerprint density at radius 1 is 1.21 bits per heavy atom. The Morgan fingerprint density at radius 3 is 2.54 bits per heavy atom. The lowest BCUT2D eigenvalue weighted by molar-refractivity contribution is 0.0941. The van der Waals surface area contributed by atoms with Crippen LogP contribution in [0.4, 0.5) is 0 Å². The summed E-state index contributed by atoms with van der Waals surface area (Å²) < 4.78 is 49.4. The monoisotopic (exact) mass is 372 g/mol. The minimum absolute atomic E-state index is 0.0650. The molecule has 0 spiro atoms. The Morgan fingerprint density at radius 2 is 1.92 bits per heavy atom. The highest BCUT2D eigenvalue weighted by Crippen LogP contribution is 2.22. The third kappa shape index (κ3) is 3.62. The number of carbonyl (C=O) groups is 1. The van der Waals surface area contributed by atoms with E-state index in [1.807, 2.05) is 0 Å². The molecule has 3 rings (SSSR count). The van der Waals surface area contributed by atoms with Crippen LogP contribution >= 0.6 is 0 Å². The van der Waals surface area contributed by atoms with Crippen molar-refractivity contribution in [1.29, 1.82) is 0 Å². The van der Waals surface area contributed by atoms with Crippen LogP contribution in [0.15, 0.2) is 29.2 Å². The van der Waals surface area contributed by atoms with E-state index in [4.69, 9.17) is 0 Å². The summed E-state index contributed by atoms with van der Waals surface area (Å²) in [7, 11) is -6.67. The van der Waals surface area contributed by atoms with E-state index in [9.17, 15) is 21.6 Å². The normalized spacial score (nSPS) is 24.1. The average molecular weight is 372 g/mol. The molecule has 1 N–H and O–H groups in total. The largest absolute Gasteiger partial charge is 0.348 e. The number of sulfonamides is 1. The van der Waals surface area contributed by atoms with Gasteiger partial charge in [-0.2, -0.15) is 4.31 Å². The van der Waals surface area contributed by atoms with Crippen molar-refractivity contribution in [1.82, 2.24) is 9.62 Å². The van der Waals surface area contributed by atoms with Crippen LogP contribution in [0.25, 0.3) is 0 Å². The van der Waals surface area contributed by atoms with Crippen molar-refractivity contribution < 1.29 is 21.6 Å². The van der Waals surface area contributed by atoms with Gasteiger partial charge in [0, 0.05) is 24.7 Å². The molecule has 0 saturated carbocycles. The molecule has 1 atom stereocenters. The summed E-state index contributed by atoms with van der Waals surface area (Å²) in [6.07, 6.45) is 2.07. The smallest absolute Gasteiger partial charge is 0.251 e. The molecule has 1 aromatic carbocycles. The van der Waals surface area contributed by atoms with Crippen molar-refractivity contribution in [2.75, 3.05) is 24.6 Å². The van der Waals surface area contributed by atoms with Gasteiger partial charge >= 0.3 is 0 Å². The van der Waals surface area contributed by atoms with Gasteiger partial charge in [-0.15, -0.1) is 0 Å². The highest BCUT2D eigenvalue weighted by atomic mass is 32.2. The van der Waals surface area contributed by atoms with E-state index in [2.05, 4.69) is 5.32 Å². The van der Waals surface area contributed by atoms with E-state index in [1.165, 1.54) is 28.6 Å². The molecular weight excluding hydrogens is 352 g/mol. The Kier molecular flexibility index (Phi) is 4.67. The second-order valence-corrected chi connectivity index (χ2v) is 10.4. The molecule has 2 aliphatic rings. The van der Waals surface area contributed by atoms with Gasteiger partial charge in [-0.05, 0) is 37.5 Å². The lowest BCUT2D eigenvalue weighted by Crippen LogP contribution is -2.35. The third-order valence-electron chi connectivity index (χ3n) is 4.37. The topological polar surface area (TPSA) is 101 Å². The van der Waals surface area contributed by atoms with E-state index in [1.54, 1.807) is 0 Å². The number of rotatable bonds is 4. The zero-order chi connectivity index (χ0) is 17.4. The number of nitrogens with zero attached hydrogens (tertiary/aromatic N) is 1. The van der Waals surface area contributed by atoms with Crippen molar-refractivity contribution in [2.45, 2.75) is 30.2 Å². The first kappa shape index (κ1) is 17.4. The van der Waals surface area contributed by atoms with Gasteiger partial charge in [0.2, 0.25) is 10.0 Å². The van der Waals surface area contributed by atoms with E-state index in [0.717, 1.165) is 12.8 Å². The standard InChI is InChI=1S/C15H20N2O5S2/c18-15(16-13-6-9-23(19,20)11-13)12-4-3-5-14(10-12)24(21,22)17-7-1-2-8-17/h3-5,10,13H,1-2,6-9,11H2,(H,16,18)/t13-/m0/s1. The summed E-state index contributed by atoms with van der Waals surface area (Å²) >= 11 is 0. The van der Waals surface area contributed by atoms with Gasteiger partial charge in [0.15, 0.2) is 9.84 Å². The van der Waals surface area contributed by atoms with Gasteiger partial charge in [-0.25, -0.2) is 16.8 Å². The SMILES string of the molecule is O=C(N[C@H]1CCS(=O)(=O)C1)c1cccc(S(=O)(=O)N2CCCC2)c1. The highest BCUT2D eigenvalue weighted by molar-refractivity contribution is 7.91. The van der Waals surface area contributed by atoms with Gasteiger partial charge in [0.05, 0.1) is 16.4 Å². The zero-order valence-corrected chi connectivity index (χ0v) is 14.8. The number of hydrogen-bond donors (Lipinski definition) is 1. The van der Waals surface area contributed by atoms with Gasteiger partial charge in [0.25, 0.3) is 5.91 Å². The first-order valence-electron chi connectivity index (χ1n) is 7.89. The fourth-order valence-electron chi connectivity index (χ4n) is 3.05. The second kappa shape index (κ2) is 6.45. The Hall–Kier alpha value is -1.45. The average Bonchev–Trinajstić information content (AvgIpc) is 3.17. The van der Waals surface area contributed by atoms with Crippen LogP contribution < -0.4 is 5.32 Å². The summed E-state index contributed by atoms with van der Waals surface area (Å²) in [5.41, 5.74) is 0.222. The molecule has 2 heterocycles. The molecule has 1 amide bonds. The van der Waals surface area contributed by atoms with E-state index < -0.39 is 31.8 Å². The molecule has 2 saturated heterocycles. The molecule has 24 heavy (non-hydrogen) atoms. The number of benzene rings is 1. The van der Waals surface area contributed by atoms with Gasteiger partial charge in [-0.1, -0.05) is 6.07 Å². The number of nitrogens with one attached hydrogen (secondary N) is 1. The van der Waals surface area contributed by atoms with Crippen molar-refractivity contribution in [2.24, 2.45) is 0 Å². The molecule has 0 bridgehead atoms. The molecular formula is C15H20N2O5S2. The maximum absolute atomic E-state index is 12.6. The maximum Gasteiger partial charge on any atom is 0.251 e. The minimum atomic E-state index is -3.58.